The number of aliphatic carboxylic acids is 2. The molecule has 0 aromatic heterocycles. The molecule has 2 N–H and O–H groups in total. The quantitative estimate of drug-likeness (QED) is 0.415. The normalized spacial score (nSPS) is 14.4. The number of carbonyl (C=O) groups excluding carboxylic acids is 3. The Kier molecular flexibility index (Phi) is 4.74. The van der Waals surface area contributed by atoms with Gasteiger partial charge in [0.05, 0.1) is 18.5 Å². The summed E-state index contributed by atoms with van der Waals surface area (Å²) >= 11 is 0. The number of hydrogen-bond donors (Lipinski definition) is 2. The van der Waals surface area contributed by atoms with E-state index in [1.165, 1.54) is 0 Å². The van der Waals surface area contributed by atoms with Crippen LogP contribution in [-0.2, 0) is 14.4 Å². The lowest BCUT2D eigenvalue weighted by atomic mass is 9.97. The van der Waals surface area contributed by atoms with Gasteiger partial charge in [0, 0.05) is 12.4 Å². The maximum atomic E-state index is 10.9. The van der Waals surface area contributed by atoms with E-state index in [2.05, 4.69) is 0 Å². The summed E-state index contributed by atoms with van der Waals surface area (Å²) in [7, 11) is 0. The molecule has 2 unspecified atom stereocenters. The van der Waals surface area contributed by atoms with Crippen molar-refractivity contribution < 1.29 is 34.8 Å². The number of Topliss-reactive ketones (excluding diaryl/α,β-unsaturated/α-hetero) is 1. The molecule has 2 atom stereocenters. The van der Waals surface area contributed by atoms with Gasteiger partial charge in [-0.3, -0.25) is 4.79 Å². The number of rotatable bonds is 6. The van der Waals surface area contributed by atoms with Crippen LogP contribution in [0.25, 0.3) is 0 Å². The molecule has 0 fully saturated rings. The second-order valence-corrected chi connectivity index (χ2v) is 2.55. The lowest BCUT2D eigenvalue weighted by Crippen LogP contribution is -2.44. The summed E-state index contributed by atoms with van der Waals surface area (Å²) in [5.74, 6) is -6.98. The van der Waals surface area contributed by atoms with Crippen molar-refractivity contribution in [1.82, 2.24) is 0 Å². The minimum atomic E-state index is -2.00. The van der Waals surface area contributed by atoms with E-state index in [9.17, 15) is 24.6 Å². The standard InChI is InChI=1S/C7H10O7/c8-2-4(9)6(12)3(7(13)14)1-5(10)11/h3-4,8-9H,1-2H2,(H,10,11)(H,13,14)/p-2. The first-order valence-corrected chi connectivity index (χ1v) is 3.63. The number of aliphatic hydroxyl groups excluding tert-OH is 2. The molecule has 0 bridgehead atoms. The van der Waals surface area contributed by atoms with Crippen LogP contribution in [0.3, 0.4) is 0 Å². The Hall–Kier alpha value is -1.47. The monoisotopic (exact) mass is 204 g/mol. The van der Waals surface area contributed by atoms with Gasteiger partial charge < -0.3 is 30.0 Å². The molecule has 80 valence electrons. The summed E-state index contributed by atoms with van der Waals surface area (Å²) in [6.45, 7) is -0.977. The van der Waals surface area contributed by atoms with Crippen molar-refractivity contribution in [3.63, 3.8) is 0 Å². The Bertz CT molecular complexity index is 246. The molecule has 0 aliphatic carbocycles. The van der Waals surface area contributed by atoms with Crippen LogP contribution in [0.1, 0.15) is 6.42 Å². The average Bonchev–Trinajstić information content (AvgIpc) is 2.11. The highest BCUT2D eigenvalue weighted by atomic mass is 16.4. The summed E-state index contributed by atoms with van der Waals surface area (Å²) in [4.78, 5) is 31.2. The van der Waals surface area contributed by atoms with Crippen LogP contribution >= 0.6 is 0 Å². The third-order valence-electron chi connectivity index (χ3n) is 1.50. The molecule has 0 radical (unpaired) electrons. The highest BCUT2D eigenvalue weighted by Crippen LogP contribution is 2.06. The lowest BCUT2D eigenvalue weighted by molar-refractivity contribution is -0.319. The fourth-order valence-electron chi connectivity index (χ4n) is 0.789. The number of carboxylic acids is 2. The fourth-order valence-corrected chi connectivity index (χ4v) is 0.789. The van der Waals surface area contributed by atoms with Crippen LogP contribution in [0.5, 0.6) is 0 Å². The molecule has 14 heavy (non-hydrogen) atoms. The van der Waals surface area contributed by atoms with Gasteiger partial charge in [-0.2, -0.15) is 0 Å². The van der Waals surface area contributed by atoms with Gasteiger partial charge in [0.15, 0.2) is 5.78 Å². The molecule has 0 spiro atoms. The number of carbonyl (C=O) groups is 3. The molecule has 0 saturated heterocycles. The Morgan fingerprint density at radius 1 is 1.21 bits per heavy atom. The van der Waals surface area contributed by atoms with E-state index in [4.69, 9.17) is 10.2 Å². The van der Waals surface area contributed by atoms with E-state index in [1.807, 2.05) is 0 Å². The smallest absolute Gasteiger partial charge is 0.172 e. The minimum Gasteiger partial charge on any atom is -0.550 e. The Labute approximate surface area is 78.6 Å². The van der Waals surface area contributed by atoms with Gasteiger partial charge in [0.1, 0.15) is 6.10 Å². The van der Waals surface area contributed by atoms with Crippen LogP contribution in [0.2, 0.25) is 0 Å². The van der Waals surface area contributed by atoms with Gasteiger partial charge in [-0.15, -0.1) is 0 Å². The molecular weight excluding hydrogens is 196 g/mol. The van der Waals surface area contributed by atoms with Crippen LogP contribution in [0, 0.1) is 5.92 Å². The van der Waals surface area contributed by atoms with Crippen molar-refractivity contribution in [2.75, 3.05) is 6.61 Å². The SMILES string of the molecule is O=C([O-])CC(C(=O)[O-])C(=O)C(O)CO. The van der Waals surface area contributed by atoms with Crippen molar-refractivity contribution >= 4 is 17.7 Å². The highest BCUT2D eigenvalue weighted by molar-refractivity contribution is 6.01. The Morgan fingerprint density at radius 3 is 2.00 bits per heavy atom. The molecule has 7 heteroatoms. The molecule has 0 saturated carbocycles. The number of aliphatic hydroxyl groups is 2. The second kappa shape index (κ2) is 5.30. The summed E-state index contributed by atoms with van der Waals surface area (Å²) in [5, 5.41) is 37.4. The van der Waals surface area contributed by atoms with Crippen molar-refractivity contribution in [3.8, 4) is 0 Å². The van der Waals surface area contributed by atoms with E-state index >= 15 is 0 Å². The zero-order valence-corrected chi connectivity index (χ0v) is 7.00. The third kappa shape index (κ3) is 3.50. The zero-order chi connectivity index (χ0) is 11.3. The van der Waals surface area contributed by atoms with E-state index in [-0.39, 0.29) is 0 Å². The van der Waals surface area contributed by atoms with Crippen LogP contribution in [0.15, 0.2) is 0 Å². The van der Waals surface area contributed by atoms with Gasteiger partial charge in [-0.1, -0.05) is 0 Å². The summed E-state index contributed by atoms with van der Waals surface area (Å²) in [6.07, 6.45) is -3.00. The van der Waals surface area contributed by atoms with Gasteiger partial charge >= 0.3 is 0 Å². The van der Waals surface area contributed by atoms with Crippen molar-refractivity contribution in [1.29, 1.82) is 0 Å². The lowest BCUT2D eigenvalue weighted by Gasteiger charge is -2.19. The minimum absolute atomic E-state index is 0.977. The second-order valence-electron chi connectivity index (χ2n) is 2.55. The van der Waals surface area contributed by atoms with Gasteiger partial charge in [-0.05, 0) is 0 Å². The van der Waals surface area contributed by atoms with E-state index in [0.717, 1.165) is 0 Å². The van der Waals surface area contributed by atoms with Crippen molar-refractivity contribution in [2.45, 2.75) is 12.5 Å². The van der Waals surface area contributed by atoms with Crippen LogP contribution in [-0.4, -0.2) is 40.6 Å². The zero-order valence-electron chi connectivity index (χ0n) is 7.00. The molecule has 0 heterocycles. The summed E-state index contributed by atoms with van der Waals surface area (Å²) in [6, 6.07) is 0. The van der Waals surface area contributed by atoms with Crippen molar-refractivity contribution in [3.05, 3.63) is 0 Å². The van der Waals surface area contributed by atoms with Crippen LogP contribution < -0.4 is 10.2 Å². The number of carboxylic acid groups (broad SMARTS) is 2. The summed E-state index contributed by atoms with van der Waals surface area (Å²) < 4.78 is 0. The van der Waals surface area contributed by atoms with Gasteiger partial charge in [-0.25, -0.2) is 0 Å². The maximum absolute atomic E-state index is 10.9. The molecule has 7 nitrogen and oxygen atoms in total. The van der Waals surface area contributed by atoms with E-state index in [0.29, 0.717) is 0 Å². The average molecular weight is 204 g/mol. The van der Waals surface area contributed by atoms with E-state index < -0.39 is 42.8 Å². The predicted molar refractivity (Wildman–Crippen MR) is 36.2 cm³/mol. The molecule has 0 rings (SSSR count). The predicted octanol–water partition coefficient (Wildman–Crippen LogP) is -4.59. The van der Waals surface area contributed by atoms with Gasteiger partial charge in [0.2, 0.25) is 0 Å². The molecule has 0 aliphatic heterocycles. The molecule has 0 aromatic carbocycles. The number of hydrogen-bond acceptors (Lipinski definition) is 7. The van der Waals surface area contributed by atoms with Crippen molar-refractivity contribution in [2.24, 2.45) is 5.92 Å². The first kappa shape index (κ1) is 12.5. The Balaban J connectivity index is 4.57. The molecule has 0 amide bonds. The Morgan fingerprint density at radius 2 is 1.71 bits per heavy atom. The molecule has 0 aromatic rings. The first-order chi connectivity index (χ1) is 6.40. The third-order valence-corrected chi connectivity index (χ3v) is 1.50. The summed E-state index contributed by atoms with van der Waals surface area (Å²) in [5.41, 5.74) is 0. The fraction of sp³-hybridized carbons (Fsp3) is 0.571. The first-order valence-electron chi connectivity index (χ1n) is 3.63. The highest BCUT2D eigenvalue weighted by Gasteiger charge is 2.25. The number of ketones is 1. The van der Waals surface area contributed by atoms with Gasteiger partial charge in [0.25, 0.3) is 0 Å². The van der Waals surface area contributed by atoms with Crippen LogP contribution in [0.4, 0.5) is 0 Å². The van der Waals surface area contributed by atoms with E-state index in [1.54, 1.807) is 0 Å². The topological polar surface area (TPSA) is 138 Å². The molecule has 0 aliphatic rings. The maximum Gasteiger partial charge on any atom is 0.172 e. The largest absolute Gasteiger partial charge is 0.550 e. The molecular formula is C7H8O7-2.